The van der Waals surface area contributed by atoms with Crippen LogP contribution < -0.4 is 0 Å². The van der Waals surface area contributed by atoms with Gasteiger partial charge in [-0.05, 0) is 31.0 Å². The monoisotopic (exact) mass is 223 g/mol. The van der Waals surface area contributed by atoms with Crippen LogP contribution in [0, 0.1) is 12.7 Å². The van der Waals surface area contributed by atoms with Crippen LogP contribution in [0.15, 0.2) is 23.2 Å². The van der Waals surface area contributed by atoms with E-state index in [-0.39, 0.29) is 11.9 Å². The molecule has 1 aromatic carbocycles. The molecule has 4 heteroatoms. The maximum Gasteiger partial charge on any atom is 0.384 e. The van der Waals surface area contributed by atoms with E-state index in [2.05, 4.69) is 4.99 Å². The predicted octanol–water partition coefficient (Wildman–Crippen LogP) is 2.60. The molecule has 0 amide bonds. The molecule has 0 unspecified atom stereocenters. The first-order valence-electron chi connectivity index (χ1n) is 5.30. The normalized spacial score (nSPS) is 19.2. The number of nitrogens with zero attached hydrogens (tertiary/aromatic N) is 1. The van der Waals surface area contributed by atoms with Crippen molar-refractivity contribution in [3.8, 4) is 0 Å². The van der Waals surface area contributed by atoms with Crippen LogP contribution in [0.4, 0.5) is 4.39 Å². The molecule has 86 valence electrons. The van der Waals surface area contributed by atoms with E-state index >= 15 is 0 Å². The second kappa shape index (κ2) is 4.51. The van der Waals surface area contributed by atoms with Gasteiger partial charge in [0.05, 0.1) is 6.61 Å². The Hall–Kier alpha value is -1.58. The summed E-state index contributed by atoms with van der Waals surface area (Å²) in [6.07, 6.45) is 0.302. The van der Waals surface area contributed by atoms with E-state index in [9.17, 15) is 4.39 Å². The van der Waals surface area contributed by atoms with Crippen LogP contribution in [-0.4, -0.2) is 19.3 Å². The summed E-state index contributed by atoms with van der Waals surface area (Å²) in [6, 6.07) is 4.84. The lowest BCUT2D eigenvalue weighted by atomic mass is 10.0. The molecule has 0 fully saturated rings. The van der Waals surface area contributed by atoms with Gasteiger partial charge >= 0.3 is 6.08 Å². The van der Waals surface area contributed by atoms with Crippen molar-refractivity contribution in [3.05, 3.63) is 35.1 Å². The Labute approximate surface area is 93.9 Å². The van der Waals surface area contributed by atoms with Crippen molar-refractivity contribution in [3.63, 3.8) is 0 Å². The lowest BCUT2D eigenvalue weighted by molar-refractivity contribution is 0.193. The van der Waals surface area contributed by atoms with Crippen molar-refractivity contribution < 1.29 is 13.9 Å². The number of ether oxygens (including phenoxy) is 2. The fourth-order valence-corrected chi connectivity index (χ4v) is 1.70. The van der Waals surface area contributed by atoms with Gasteiger partial charge in [0, 0.05) is 0 Å². The summed E-state index contributed by atoms with van der Waals surface area (Å²) >= 11 is 0. The first kappa shape index (κ1) is 10.9. The molecule has 1 aliphatic heterocycles. The molecular weight excluding hydrogens is 209 g/mol. The van der Waals surface area contributed by atoms with Crippen molar-refractivity contribution >= 4 is 6.08 Å². The van der Waals surface area contributed by atoms with Gasteiger partial charge in [-0.1, -0.05) is 12.1 Å². The predicted molar refractivity (Wildman–Crippen MR) is 58.9 cm³/mol. The molecule has 1 atom stereocenters. The van der Waals surface area contributed by atoms with Gasteiger partial charge in [-0.2, -0.15) is 0 Å². The average Bonchev–Trinajstić information content (AvgIpc) is 2.71. The van der Waals surface area contributed by atoms with Crippen molar-refractivity contribution in [2.45, 2.75) is 19.9 Å². The van der Waals surface area contributed by atoms with E-state index in [1.54, 1.807) is 13.0 Å². The molecule has 0 aliphatic carbocycles. The minimum absolute atomic E-state index is 0.155. The van der Waals surface area contributed by atoms with Gasteiger partial charge in [-0.15, -0.1) is 0 Å². The van der Waals surface area contributed by atoms with Crippen LogP contribution in [0.3, 0.4) is 0 Å². The molecule has 0 saturated carbocycles. The van der Waals surface area contributed by atoms with E-state index in [1.165, 1.54) is 6.07 Å². The number of aliphatic imine (C=N–C) groups is 1. The Morgan fingerprint density at radius 2 is 2.38 bits per heavy atom. The molecule has 2 rings (SSSR count). The highest BCUT2D eigenvalue weighted by Crippen LogP contribution is 2.27. The molecule has 1 aromatic rings. The molecule has 0 N–H and O–H groups in total. The molecule has 0 bridgehead atoms. The first-order chi connectivity index (χ1) is 7.72. The largest absolute Gasteiger partial charge is 0.451 e. The summed E-state index contributed by atoms with van der Waals surface area (Å²) < 4.78 is 23.8. The smallest absolute Gasteiger partial charge is 0.384 e. The SMILES string of the molecule is CCOC1=N[C@@H](c2cccc(F)c2C)CO1. The van der Waals surface area contributed by atoms with E-state index in [4.69, 9.17) is 9.47 Å². The Balaban J connectivity index is 2.23. The lowest BCUT2D eigenvalue weighted by Gasteiger charge is -2.08. The molecule has 0 radical (unpaired) electrons. The van der Waals surface area contributed by atoms with Gasteiger partial charge in [-0.3, -0.25) is 0 Å². The molecule has 0 aromatic heterocycles. The minimum atomic E-state index is -0.211. The van der Waals surface area contributed by atoms with Gasteiger partial charge in [-0.25, -0.2) is 9.38 Å². The maximum absolute atomic E-state index is 13.4. The molecule has 0 saturated heterocycles. The number of halogens is 1. The third-order valence-corrected chi connectivity index (χ3v) is 2.56. The lowest BCUT2D eigenvalue weighted by Crippen LogP contribution is -2.04. The second-order valence-electron chi connectivity index (χ2n) is 3.61. The van der Waals surface area contributed by atoms with Gasteiger partial charge in [0.15, 0.2) is 0 Å². The van der Waals surface area contributed by atoms with Gasteiger partial charge in [0.1, 0.15) is 18.5 Å². The second-order valence-corrected chi connectivity index (χ2v) is 3.61. The van der Waals surface area contributed by atoms with Crippen molar-refractivity contribution in [1.29, 1.82) is 0 Å². The number of benzene rings is 1. The Morgan fingerprint density at radius 1 is 1.56 bits per heavy atom. The summed E-state index contributed by atoms with van der Waals surface area (Å²) in [5.41, 5.74) is 1.48. The highest BCUT2D eigenvalue weighted by atomic mass is 19.1. The Kier molecular flexibility index (Phi) is 3.08. The molecular formula is C12H14FNO2. The van der Waals surface area contributed by atoms with Crippen molar-refractivity contribution in [2.75, 3.05) is 13.2 Å². The standard InChI is InChI=1S/C12H14FNO2/c1-3-15-12-14-11(7-16-12)9-5-4-6-10(13)8(9)2/h4-6,11H,3,7H2,1-2H3/t11-/m1/s1. The van der Waals surface area contributed by atoms with Crippen LogP contribution >= 0.6 is 0 Å². The van der Waals surface area contributed by atoms with Gasteiger partial charge in [0.2, 0.25) is 0 Å². The molecule has 0 spiro atoms. The third kappa shape index (κ3) is 2.01. The average molecular weight is 223 g/mol. The van der Waals surface area contributed by atoms with Gasteiger partial charge < -0.3 is 9.47 Å². The van der Waals surface area contributed by atoms with E-state index in [1.807, 2.05) is 13.0 Å². The topological polar surface area (TPSA) is 30.8 Å². The van der Waals surface area contributed by atoms with Crippen molar-refractivity contribution in [2.24, 2.45) is 4.99 Å². The Morgan fingerprint density at radius 3 is 3.12 bits per heavy atom. The fourth-order valence-electron chi connectivity index (χ4n) is 1.70. The van der Waals surface area contributed by atoms with Crippen molar-refractivity contribution in [1.82, 2.24) is 0 Å². The summed E-state index contributed by atoms with van der Waals surface area (Å²) in [7, 11) is 0. The van der Waals surface area contributed by atoms with Crippen LogP contribution in [0.25, 0.3) is 0 Å². The van der Waals surface area contributed by atoms with Crippen LogP contribution in [0.5, 0.6) is 0 Å². The van der Waals surface area contributed by atoms with E-state index in [0.29, 0.717) is 24.9 Å². The van der Waals surface area contributed by atoms with Crippen LogP contribution in [-0.2, 0) is 9.47 Å². The molecule has 16 heavy (non-hydrogen) atoms. The summed E-state index contributed by atoms with van der Waals surface area (Å²) in [4.78, 5) is 4.26. The Bertz CT molecular complexity index is 417. The molecule has 1 aliphatic rings. The first-order valence-corrected chi connectivity index (χ1v) is 5.30. The molecule has 1 heterocycles. The summed E-state index contributed by atoms with van der Waals surface area (Å²) in [5, 5.41) is 0. The minimum Gasteiger partial charge on any atom is -0.451 e. The zero-order valence-electron chi connectivity index (χ0n) is 9.37. The number of hydrogen-bond donors (Lipinski definition) is 0. The van der Waals surface area contributed by atoms with Crippen LogP contribution in [0.2, 0.25) is 0 Å². The van der Waals surface area contributed by atoms with E-state index < -0.39 is 0 Å². The molecule has 3 nitrogen and oxygen atoms in total. The number of rotatable bonds is 2. The van der Waals surface area contributed by atoms with Crippen LogP contribution in [0.1, 0.15) is 24.1 Å². The fraction of sp³-hybridized carbons (Fsp3) is 0.417. The quantitative estimate of drug-likeness (QED) is 0.771. The highest BCUT2D eigenvalue weighted by molar-refractivity contribution is 5.69. The zero-order chi connectivity index (χ0) is 11.5. The van der Waals surface area contributed by atoms with Gasteiger partial charge in [0.25, 0.3) is 0 Å². The highest BCUT2D eigenvalue weighted by Gasteiger charge is 2.23. The summed E-state index contributed by atoms with van der Waals surface area (Å²) in [5.74, 6) is -0.211. The zero-order valence-corrected chi connectivity index (χ0v) is 9.37. The third-order valence-electron chi connectivity index (χ3n) is 2.56. The van der Waals surface area contributed by atoms with E-state index in [0.717, 1.165) is 5.56 Å². The maximum atomic E-state index is 13.4. The summed E-state index contributed by atoms with van der Waals surface area (Å²) in [6.45, 7) is 4.55. The number of hydrogen-bond acceptors (Lipinski definition) is 3.